The molecule has 1 aromatic carbocycles. The van der Waals surface area contributed by atoms with Gasteiger partial charge in [0.25, 0.3) is 5.91 Å². The second-order valence-corrected chi connectivity index (χ2v) is 6.77. The van der Waals surface area contributed by atoms with Crippen molar-refractivity contribution < 1.29 is 14.3 Å². The predicted octanol–water partition coefficient (Wildman–Crippen LogP) is 4.33. The summed E-state index contributed by atoms with van der Waals surface area (Å²) in [5, 5.41) is 6.71. The summed E-state index contributed by atoms with van der Waals surface area (Å²) in [6, 6.07) is 9.55. The summed E-state index contributed by atoms with van der Waals surface area (Å²) in [5.74, 6) is -0.852. The normalized spacial score (nSPS) is 12.1. The third-order valence-electron chi connectivity index (χ3n) is 3.32. The molecule has 0 saturated carbocycles. The lowest BCUT2D eigenvalue weighted by Crippen LogP contribution is -2.32. The number of amides is 1. The Kier molecular flexibility index (Phi) is 7.21. The third kappa shape index (κ3) is 5.94. The van der Waals surface area contributed by atoms with Crippen LogP contribution < -0.4 is 5.32 Å². The van der Waals surface area contributed by atoms with Crippen molar-refractivity contribution in [1.82, 2.24) is 5.32 Å². The van der Waals surface area contributed by atoms with Gasteiger partial charge in [0.2, 0.25) is 0 Å². The van der Waals surface area contributed by atoms with E-state index in [1.54, 1.807) is 17.4 Å². The van der Waals surface area contributed by atoms with Crippen LogP contribution >= 0.6 is 27.3 Å². The quantitative estimate of drug-likeness (QED) is 0.548. The number of thiophene rings is 1. The Hall–Kier alpha value is -1.92. The standard InChI is InChI=1S/C18H18BrNO3S/c1-2-16(14-4-6-15(19)7-5-14)20-17(21)11-23-18(22)8-3-13-9-10-24-12-13/h3-10,12,16H,2,11H2,1H3,(H,20,21)/b8-3+/t16-/m0/s1. The maximum absolute atomic E-state index is 12.0. The van der Waals surface area contributed by atoms with Gasteiger partial charge < -0.3 is 10.1 Å². The van der Waals surface area contributed by atoms with Crippen molar-refractivity contribution in [2.24, 2.45) is 0 Å². The van der Waals surface area contributed by atoms with Gasteiger partial charge in [-0.15, -0.1) is 0 Å². The summed E-state index contributed by atoms with van der Waals surface area (Å²) >= 11 is 4.93. The molecule has 2 rings (SSSR count). The maximum atomic E-state index is 12.0. The van der Waals surface area contributed by atoms with Crippen LogP contribution in [0, 0.1) is 0 Å². The van der Waals surface area contributed by atoms with Gasteiger partial charge >= 0.3 is 5.97 Å². The molecule has 6 heteroatoms. The maximum Gasteiger partial charge on any atom is 0.331 e. The second kappa shape index (κ2) is 9.39. The number of benzene rings is 1. The fourth-order valence-electron chi connectivity index (χ4n) is 2.07. The molecule has 0 aliphatic rings. The summed E-state index contributed by atoms with van der Waals surface area (Å²) in [6.45, 7) is 1.70. The van der Waals surface area contributed by atoms with Gasteiger partial charge in [-0.3, -0.25) is 4.79 Å². The van der Waals surface area contributed by atoms with E-state index in [2.05, 4.69) is 21.2 Å². The second-order valence-electron chi connectivity index (χ2n) is 5.08. The molecule has 0 aliphatic carbocycles. The van der Waals surface area contributed by atoms with Crippen molar-refractivity contribution in [3.05, 3.63) is 62.8 Å². The van der Waals surface area contributed by atoms with E-state index in [0.29, 0.717) is 0 Å². The number of ether oxygens (including phenoxy) is 1. The molecule has 0 bridgehead atoms. The van der Waals surface area contributed by atoms with Gasteiger partial charge in [0, 0.05) is 10.5 Å². The first-order valence-electron chi connectivity index (χ1n) is 7.50. The van der Waals surface area contributed by atoms with Crippen molar-refractivity contribution in [2.75, 3.05) is 6.61 Å². The molecule has 126 valence electrons. The molecular weight excluding hydrogens is 390 g/mol. The predicted molar refractivity (Wildman–Crippen MR) is 99.6 cm³/mol. The molecule has 4 nitrogen and oxygen atoms in total. The minimum Gasteiger partial charge on any atom is -0.452 e. The number of carbonyl (C=O) groups is 2. The van der Waals surface area contributed by atoms with E-state index in [0.717, 1.165) is 22.0 Å². The SMILES string of the molecule is CC[C@H](NC(=O)COC(=O)/C=C/c1ccsc1)c1ccc(Br)cc1. The van der Waals surface area contributed by atoms with E-state index in [4.69, 9.17) is 4.74 Å². The van der Waals surface area contributed by atoms with Crippen molar-refractivity contribution in [3.8, 4) is 0 Å². The molecule has 1 atom stereocenters. The smallest absolute Gasteiger partial charge is 0.331 e. The molecule has 1 aromatic heterocycles. The molecular formula is C18H18BrNO3S. The lowest BCUT2D eigenvalue weighted by atomic mass is 10.0. The van der Waals surface area contributed by atoms with Crippen LogP contribution in [0.25, 0.3) is 6.08 Å². The molecule has 0 radical (unpaired) electrons. The van der Waals surface area contributed by atoms with Crippen LogP contribution in [0.3, 0.4) is 0 Å². The van der Waals surface area contributed by atoms with E-state index in [9.17, 15) is 9.59 Å². The highest BCUT2D eigenvalue weighted by atomic mass is 79.9. The van der Waals surface area contributed by atoms with E-state index in [-0.39, 0.29) is 18.6 Å². The average molecular weight is 408 g/mol. The van der Waals surface area contributed by atoms with Crippen molar-refractivity contribution in [2.45, 2.75) is 19.4 Å². The van der Waals surface area contributed by atoms with Gasteiger partial charge in [-0.1, -0.05) is 35.0 Å². The molecule has 1 amide bonds. The van der Waals surface area contributed by atoms with Crippen LogP contribution in [-0.2, 0) is 14.3 Å². The van der Waals surface area contributed by atoms with Crippen LogP contribution in [0.2, 0.25) is 0 Å². The van der Waals surface area contributed by atoms with Gasteiger partial charge in [0.15, 0.2) is 6.61 Å². The number of halogens is 1. The lowest BCUT2D eigenvalue weighted by molar-refractivity contribution is -0.144. The molecule has 2 aromatic rings. The molecule has 1 heterocycles. The first kappa shape index (κ1) is 18.4. The zero-order valence-electron chi connectivity index (χ0n) is 13.2. The van der Waals surface area contributed by atoms with Crippen LogP contribution in [0.4, 0.5) is 0 Å². The van der Waals surface area contributed by atoms with E-state index in [1.165, 1.54) is 6.08 Å². The van der Waals surface area contributed by atoms with Gasteiger partial charge in [0.05, 0.1) is 6.04 Å². The van der Waals surface area contributed by atoms with Crippen molar-refractivity contribution in [1.29, 1.82) is 0 Å². The Balaban J connectivity index is 1.81. The fraction of sp³-hybridized carbons (Fsp3) is 0.222. The number of carbonyl (C=O) groups excluding carboxylic acids is 2. The molecule has 0 unspecified atom stereocenters. The molecule has 0 saturated heterocycles. The minimum absolute atomic E-state index is 0.106. The highest BCUT2D eigenvalue weighted by molar-refractivity contribution is 9.10. The van der Waals surface area contributed by atoms with Crippen LogP contribution in [-0.4, -0.2) is 18.5 Å². The molecule has 0 aliphatic heterocycles. The zero-order chi connectivity index (χ0) is 17.4. The largest absolute Gasteiger partial charge is 0.452 e. The van der Waals surface area contributed by atoms with Gasteiger partial charge in [-0.2, -0.15) is 11.3 Å². The molecule has 0 spiro atoms. The van der Waals surface area contributed by atoms with Crippen LogP contribution in [0.5, 0.6) is 0 Å². The Bertz CT molecular complexity index is 696. The van der Waals surface area contributed by atoms with Gasteiger partial charge in [-0.05, 0) is 52.6 Å². The third-order valence-corrected chi connectivity index (χ3v) is 4.55. The Morgan fingerprint density at radius 3 is 2.67 bits per heavy atom. The number of hydrogen-bond acceptors (Lipinski definition) is 4. The number of rotatable bonds is 7. The van der Waals surface area contributed by atoms with Crippen LogP contribution in [0.15, 0.2) is 51.6 Å². The zero-order valence-corrected chi connectivity index (χ0v) is 15.6. The summed E-state index contributed by atoms with van der Waals surface area (Å²) in [5.41, 5.74) is 1.94. The van der Waals surface area contributed by atoms with Crippen molar-refractivity contribution >= 4 is 45.2 Å². The number of esters is 1. The molecule has 0 fully saturated rings. The molecule has 24 heavy (non-hydrogen) atoms. The monoisotopic (exact) mass is 407 g/mol. The molecule has 1 N–H and O–H groups in total. The fourth-order valence-corrected chi connectivity index (χ4v) is 2.96. The summed E-state index contributed by atoms with van der Waals surface area (Å²) < 4.78 is 5.95. The average Bonchev–Trinajstić information content (AvgIpc) is 3.10. The lowest BCUT2D eigenvalue weighted by Gasteiger charge is -2.17. The first-order valence-corrected chi connectivity index (χ1v) is 9.24. The van der Waals surface area contributed by atoms with Crippen LogP contribution in [0.1, 0.15) is 30.5 Å². The summed E-state index contributed by atoms with van der Waals surface area (Å²) in [7, 11) is 0. The van der Waals surface area contributed by atoms with Crippen molar-refractivity contribution in [3.63, 3.8) is 0 Å². The highest BCUT2D eigenvalue weighted by Crippen LogP contribution is 2.19. The van der Waals surface area contributed by atoms with Gasteiger partial charge in [-0.25, -0.2) is 4.79 Å². The summed E-state index contributed by atoms with van der Waals surface area (Å²) in [6.07, 6.45) is 3.73. The van der Waals surface area contributed by atoms with E-state index >= 15 is 0 Å². The highest BCUT2D eigenvalue weighted by Gasteiger charge is 2.13. The number of nitrogens with one attached hydrogen (secondary N) is 1. The Labute approximate surface area is 153 Å². The summed E-state index contributed by atoms with van der Waals surface area (Å²) in [4.78, 5) is 23.6. The Morgan fingerprint density at radius 2 is 2.04 bits per heavy atom. The van der Waals surface area contributed by atoms with E-state index < -0.39 is 5.97 Å². The minimum atomic E-state index is -0.534. The Morgan fingerprint density at radius 1 is 1.29 bits per heavy atom. The number of hydrogen-bond donors (Lipinski definition) is 1. The van der Waals surface area contributed by atoms with E-state index in [1.807, 2.05) is 48.0 Å². The van der Waals surface area contributed by atoms with Gasteiger partial charge in [0.1, 0.15) is 0 Å². The first-order chi connectivity index (χ1) is 11.6. The topological polar surface area (TPSA) is 55.4 Å².